The lowest BCUT2D eigenvalue weighted by Crippen LogP contribution is -2.32. The summed E-state index contributed by atoms with van der Waals surface area (Å²) in [6.07, 6.45) is 1.12. The van der Waals surface area contributed by atoms with Crippen molar-refractivity contribution in [2.75, 3.05) is 6.61 Å². The molecule has 1 aliphatic heterocycles. The summed E-state index contributed by atoms with van der Waals surface area (Å²) in [6, 6.07) is 0. The molecule has 2 heterocycles. The van der Waals surface area contributed by atoms with E-state index in [1.165, 1.54) is 10.8 Å². The van der Waals surface area contributed by atoms with E-state index in [0.717, 1.165) is 11.8 Å². The first-order valence-corrected chi connectivity index (χ1v) is 6.60. The molecule has 0 aromatic carbocycles. The van der Waals surface area contributed by atoms with Crippen LogP contribution in [-0.2, 0) is 6.42 Å². The van der Waals surface area contributed by atoms with Crippen molar-refractivity contribution in [3.63, 3.8) is 0 Å². The molecule has 1 aliphatic rings. The number of aromatic nitrogens is 2. The maximum absolute atomic E-state index is 11.8. The SMILES string of the molecule is [2H][C@]1(CO)S[C@@H](n2cc(CC)c(=O)[nH]c2=O)C[C@@H]1O. The fourth-order valence-electron chi connectivity index (χ4n) is 1.93. The standard InChI is InChI=1S/C11H16N2O4S/c1-2-6-4-13(11(17)12-10(6)16)9-3-7(15)8(5-14)18-9/h4,7-9,14-15H,2-3,5H2,1H3,(H,12,16,17)/t7-,8+,9+/m0/s1/i8D. The van der Waals surface area contributed by atoms with Crippen LogP contribution in [0.2, 0.25) is 0 Å². The van der Waals surface area contributed by atoms with Crippen LogP contribution in [0.1, 0.15) is 25.7 Å². The minimum atomic E-state index is -1.42. The molecule has 2 rings (SSSR count). The van der Waals surface area contributed by atoms with Crippen molar-refractivity contribution in [1.82, 2.24) is 9.55 Å². The van der Waals surface area contributed by atoms with E-state index in [1.54, 1.807) is 6.92 Å². The van der Waals surface area contributed by atoms with E-state index in [1.807, 2.05) is 0 Å². The average molecular weight is 273 g/mol. The van der Waals surface area contributed by atoms with Crippen LogP contribution in [-0.4, -0.2) is 37.7 Å². The summed E-state index contributed by atoms with van der Waals surface area (Å²) in [6.45, 7) is 1.31. The highest BCUT2D eigenvalue weighted by atomic mass is 32.2. The van der Waals surface area contributed by atoms with E-state index in [9.17, 15) is 14.7 Å². The third kappa shape index (κ3) is 2.38. The summed E-state index contributed by atoms with van der Waals surface area (Å²) in [7, 11) is 0. The van der Waals surface area contributed by atoms with Gasteiger partial charge in [0.25, 0.3) is 5.56 Å². The van der Waals surface area contributed by atoms with Gasteiger partial charge in [-0.1, -0.05) is 6.92 Å². The molecule has 0 saturated carbocycles. The van der Waals surface area contributed by atoms with E-state index >= 15 is 0 Å². The zero-order valence-corrected chi connectivity index (χ0v) is 10.7. The summed E-state index contributed by atoms with van der Waals surface area (Å²) >= 11 is 1.02. The second-order valence-electron chi connectivity index (χ2n) is 4.12. The molecule has 6 nitrogen and oxygen atoms in total. The Hall–Kier alpha value is -1.05. The first-order valence-electron chi connectivity index (χ1n) is 6.22. The number of aromatic amines is 1. The molecule has 0 radical (unpaired) electrons. The first-order chi connectivity index (χ1) is 8.91. The van der Waals surface area contributed by atoms with Gasteiger partial charge < -0.3 is 10.2 Å². The summed E-state index contributed by atoms with van der Waals surface area (Å²) in [5, 5.41) is 17.1. The van der Waals surface area contributed by atoms with Crippen LogP contribution in [0, 0.1) is 0 Å². The summed E-state index contributed by atoms with van der Waals surface area (Å²) in [5.74, 6) is 0. The molecule has 7 heteroatoms. The molecular formula is C11H16N2O4S. The molecular weight excluding hydrogens is 256 g/mol. The Balaban J connectivity index is 2.39. The fourth-order valence-corrected chi connectivity index (χ4v) is 3.16. The number of rotatable bonds is 3. The van der Waals surface area contributed by atoms with Gasteiger partial charge in [0, 0.05) is 19.6 Å². The lowest BCUT2D eigenvalue weighted by atomic mass is 10.2. The van der Waals surface area contributed by atoms with Gasteiger partial charge in [-0.15, -0.1) is 11.8 Å². The van der Waals surface area contributed by atoms with Gasteiger partial charge in [-0.05, 0) is 6.42 Å². The zero-order valence-electron chi connectivity index (χ0n) is 10.9. The highest BCUT2D eigenvalue weighted by Crippen LogP contribution is 2.40. The predicted octanol–water partition coefficient (Wildman–Crippen LogP) is -0.544. The van der Waals surface area contributed by atoms with E-state index < -0.39 is 34.6 Å². The van der Waals surface area contributed by atoms with Gasteiger partial charge in [0.2, 0.25) is 0 Å². The molecule has 100 valence electrons. The van der Waals surface area contributed by atoms with Gasteiger partial charge >= 0.3 is 5.69 Å². The highest BCUT2D eigenvalue weighted by molar-refractivity contribution is 8.00. The van der Waals surface area contributed by atoms with Gasteiger partial charge in [-0.3, -0.25) is 14.3 Å². The fraction of sp³-hybridized carbons (Fsp3) is 0.636. The molecule has 1 aromatic rings. The molecule has 1 aromatic heterocycles. The number of thioether (sulfide) groups is 1. The number of hydrogen-bond donors (Lipinski definition) is 3. The van der Waals surface area contributed by atoms with Crippen molar-refractivity contribution in [2.24, 2.45) is 0 Å². The molecule has 0 unspecified atom stereocenters. The molecule has 0 bridgehead atoms. The summed E-state index contributed by atoms with van der Waals surface area (Å²) < 4.78 is 9.22. The average Bonchev–Trinajstić information content (AvgIpc) is 2.66. The normalized spacial score (nSPS) is 32.5. The lowest BCUT2D eigenvalue weighted by molar-refractivity contribution is 0.137. The van der Waals surface area contributed by atoms with E-state index in [2.05, 4.69) is 4.98 Å². The van der Waals surface area contributed by atoms with Crippen molar-refractivity contribution < 1.29 is 11.6 Å². The topological polar surface area (TPSA) is 95.3 Å². The zero-order chi connectivity index (χ0) is 14.2. The van der Waals surface area contributed by atoms with Crippen LogP contribution in [0.3, 0.4) is 0 Å². The van der Waals surface area contributed by atoms with Crippen LogP contribution >= 0.6 is 11.8 Å². The first kappa shape index (κ1) is 12.0. The van der Waals surface area contributed by atoms with E-state index in [-0.39, 0.29) is 6.42 Å². The summed E-state index contributed by atoms with van der Waals surface area (Å²) in [5.41, 5.74) is -0.498. The number of nitrogens with one attached hydrogen (secondary N) is 1. The Labute approximate surface area is 109 Å². The van der Waals surface area contributed by atoms with Crippen LogP contribution in [0.4, 0.5) is 0 Å². The Morgan fingerprint density at radius 1 is 1.67 bits per heavy atom. The third-order valence-electron chi connectivity index (χ3n) is 2.97. The van der Waals surface area contributed by atoms with E-state index in [0.29, 0.717) is 12.0 Å². The number of aliphatic hydroxyl groups is 2. The highest BCUT2D eigenvalue weighted by Gasteiger charge is 2.34. The number of aryl methyl sites for hydroxylation is 1. The van der Waals surface area contributed by atoms with Gasteiger partial charge in [0.15, 0.2) is 0 Å². The second kappa shape index (κ2) is 5.29. The third-order valence-corrected chi connectivity index (χ3v) is 4.37. The number of aliphatic hydroxyl groups excluding tert-OH is 2. The molecule has 3 N–H and O–H groups in total. The largest absolute Gasteiger partial charge is 0.395 e. The molecule has 1 fully saturated rings. The summed E-state index contributed by atoms with van der Waals surface area (Å²) in [4.78, 5) is 25.5. The Morgan fingerprint density at radius 2 is 2.39 bits per heavy atom. The minimum absolute atomic E-state index is 0.184. The quantitative estimate of drug-likeness (QED) is 0.687. The number of H-pyrrole nitrogens is 1. The van der Waals surface area contributed by atoms with Crippen LogP contribution < -0.4 is 11.2 Å². The van der Waals surface area contributed by atoms with Gasteiger partial charge in [0.1, 0.15) is 0 Å². The molecule has 0 spiro atoms. The minimum Gasteiger partial charge on any atom is -0.395 e. The number of hydrogen-bond acceptors (Lipinski definition) is 5. The second-order valence-corrected chi connectivity index (χ2v) is 5.43. The van der Waals surface area contributed by atoms with Crippen molar-refractivity contribution >= 4 is 11.8 Å². The Kier molecular flexibility index (Phi) is 3.53. The van der Waals surface area contributed by atoms with Crippen molar-refractivity contribution in [3.05, 3.63) is 32.6 Å². The van der Waals surface area contributed by atoms with Crippen LogP contribution in [0.5, 0.6) is 0 Å². The lowest BCUT2D eigenvalue weighted by Gasteiger charge is -2.13. The maximum atomic E-state index is 11.8. The van der Waals surface area contributed by atoms with Gasteiger partial charge in [-0.2, -0.15) is 0 Å². The van der Waals surface area contributed by atoms with Gasteiger partial charge in [0.05, 0.1) is 23.3 Å². The maximum Gasteiger partial charge on any atom is 0.329 e. The van der Waals surface area contributed by atoms with Crippen molar-refractivity contribution in [2.45, 2.75) is 36.5 Å². The molecule has 1 saturated heterocycles. The molecule has 0 aliphatic carbocycles. The van der Waals surface area contributed by atoms with Crippen molar-refractivity contribution in [3.8, 4) is 0 Å². The van der Waals surface area contributed by atoms with Crippen LogP contribution in [0.15, 0.2) is 15.8 Å². The molecule has 18 heavy (non-hydrogen) atoms. The smallest absolute Gasteiger partial charge is 0.329 e. The van der Waals surface area contributed by atoms with Gasteiger partial charge in [-0.25, -0.2) is 4.79 Å². The number of nitrogens with zero attached hydrogens (tertiary/aromatic N) is 1. The van der Waals surface area contributed by atoms with Crippen LogP contribution in [0.25, 0.3) is 0 Å². The molecule has 0 amide bonds. The Bertz CT molecular complexity index is 587. The predicted molar refractivity (Wildman–Crippen MR) is 68.8 cm³/mol. The molecule has 3 atom stereocenters. The Morgan fingerprint density at radius 3 is 2.94 bits per heavy atom. The van der Waals surface area contributed by atoms with Crippen molar-refractivity contribution in [1.29, 1.82) is 0 Å². The monoisotopic (exact) mass is 273 g/mol. The van der Waals surface area contributed by atoms with E-state index in [4.69, 9.17) is 6.48 Å².